The number of nitrogens with one attached hydrogen (secondary N) is 2. The van der Waals surface area contributed by atoms with Crippen LogP contribution < -0.4 is 10.6 Å². The zero-order valence-corrected chi connectivity index (χ0v) is 12.8. The fraction of sp³-hybridized carbons (Fsp3) is 0.562. The van der Waals surface area contributed by atoms with E-state index in [1.807, 2.05) is 6.07 Å². The van der Waals surface area contributed by atoms with E-state index in [0.29, 0.717) is 31.7 Å². The lowest BCUT2D eigenvalue weighted by molar-refractivity contribution is -0.132. The van der Waals surface area contributed by atoms with Crippen LogP contribution in [-0.4, -0.2) is 49.7 Å². The molecule has 2 N–H and O–H groups in total. The standard InChI is InChI=1S/C16H22FN3O2/c1-2-20-7-8-22-14(10-20)16(21)19-13-4-3-11-9-18-6-5-12(11)15(13)17/h3-4,14,18H,2,5-10H2,1H3,(H,19,21). The second kappa shape index (κ2) is 6.73. The van der Waals surface area contributed by atoms with Crippen LogP contribution in [-0.2, 0) is 22.5 Å². The van der Waals surface area contributed by atoms with E-state index >= 15 is 0 Å². The highest BCUT2D eigenvalue weighted by Crippen LogP contribution is 2.24. The highest BCUT2D eigenvalue weighted by Gasteiger charge is 2.27. The number of amides is 1. The van der Waals surface area contributed by atoms with Gasteiger partial charge in [0.15, 0.2) is 0 Å². The highest BCUT2D eigenvalue weighted by molar-refractivity contribution is 5.94. The third kappa shape index (κ3) is 3.14. The second-order valence-corrected chi connectivity index (χ2v) is 5.73. The van der Waals surface area contributed by atoms with Crippen LogP contribution in [0.2, 0.25) is 0 Å². The van der Waals surface area contributed by atoms with Crippen LogP contribution in [0.1, 0.15) is 18.1 Å². The van der Waals surface area contributed by atoms with Gasteiger partial charge in [-0.25, -0.2) is 4.39 Å². The number of halogens is 1. The minimum atomic E-state index is -0.536. The largest absolute Gasteiger partial charge is 0.366 e. The summed E-state index contributed by atoms with van der Waals surface area (Å²) in [5, 5.41) is 5.90. The lowest BCUT2D eigenvalue weighted by Crippen LogP contribution is -2.47. The van der Waals surface area contributed by atoms with Crippen molar-refractivity contribution in [3.8, 4) is 0 Å². The van der Waals surface area contributed by atoms with Crippen molar-refractivity contribution in [3.05, 3.63) is 29.1 Å². The molecule has 1 unspecified atom stereocenters. The van der Waals surface area contributed by atoms with E-state index in [1.54, 1.807) is 6.07 Å². The molecule has 1 fully saturated rings. The van der Waals surface area contributed by atoms with Crippen LogP contribution in [0.4, 0.5) is 10.1 Å². The maximum atomic E-state index is 14.5. The molecule has 0 aliphatic carbocycles. The molecule has 0 spiro atoms. The molecule has 2 heterocycles. The molecule has 3 rings (SSSR count). The molecule has 2 aliphatic rings. The first-order valence-electron chi connectivity index (χ1n) is 7.85. The Labute approximate surface area is 129 Å². The van der Waals surface area contributed by atoms with Gasteiger partial charge in [0.25, 0.3) is 5.91 Å². The second-order valence-electron chi connectivity index (χ2n) is 5.73. The fourth-order valence-electron chi connectivity index (χ4n) is 2.99. The van der Waals surface area contributed by atoms with Crippen molar-refractivity contribution in [1.29, 1.82) is 0 Å². The molecule has 1 saturated heterocycles. The number of carbonyl (C=O) groups is 1. The van der Waals surface area contributed by atoms with Gasteiger partial charge in [0.2, 0.25) is 0 Å². The van der Waals surface area contributed by atoms with E-state index in [4.69, 9.17) is 4.74 Å². The Hall–Kier alpha value is -1.50. The van der Waals surface area contributed by atoms with E-state index in [9.17, 15) is 9.18 Å². The summed E-state index contributed by atoms with van der Waals surface area (Å²) >= 11 is 0. The summed E-state index contributed by atoms with van der Waals surface area (Å²) in [6.45, 7) is 6.30. The third-order valence-electron chi connectivity index (χ3n) is 4.36. The predicted octanol–water partition coefficient (Wildman–Crippen LogP) is 1.13. The summed E-state index contributed by atoms with van der Waals surface area (Å²) in [5.74, 6) is -0.582. The number of fused-ring (bicyclic) bond motifs is 1. The first-order valence-corrected chi connectivity index (χ1v) is 7.85. The summed E-state index contributed by atoms with van der Waals surface area (Å²) in [7, 11) is 0. The van der Waals surface area contributed by atoms with Gasteiger partial charge in [-0.3, -0.25) is 9.69 Å². The Morgan fingerprint density at radius 1 is 1.55 bits per heavy atom. The van der Waals surface area contributed by atoms with Gasteiger partial charge in [-0.05, 0) is 36.7 Å². The van der Waals surface area contributed by atoms with Crippen LogP contribution in [0.5, 0.6) is 0 Å². The van der Waals surface area contributed by atoms with Crippen molar-refractivity contribution in [3.63, 3.8) is 0 Å². The van der Waals surface area contributed by atoms with E-state index in [2.05, 4.69) is 22.5 Å². The van der Waals surface area contributed by atoms with Crippen LogP contribution in [0, 0.1) is 5.82 Å². The molecule has 5 nitrogen and oxygen atoms in total. The van der Waals surface area contributed by atoms with Crippen molar-refractivity contribution >= 4 is 11.6 Å². The molecule has 1 atom stereocenters. The van der Waals surface area contributed by atoms with Gasteiger partial charge in [0.05, 0.1) is 12.3 Å². The number of hydrogen-bond acceptors (Lipinski definition) is 4. The number of likely N-dealkylation sites (N-methyl/N-ethyl adjacent to an activating group) is 1. The minimum absolute atomic E-state index is 0.253. The van der Waals surface area contributed by atoms with Gasteiger partial charge >= 0.3 is 0 Å². The molecule has 0 aromatic heterocycles. The monoisotopic (exact) mass is 307 g/mol. The molecule has 0 saturated carbocycles. The molecule has 0 radical (unpaired) electrons. The van der Waals surface area contributed by atoms with Crippen molar-refractivity contribution in [1.82, 2.24) is 10.2 Å². The average Bonchev–Trinajstić information content (AvgIpc) is 2.57. The van der Waals surface area contributed by atoms with Crippen molar-refractivity contribution in [2.75, 3.05) is 38.1 Å². The van der Waals surface area contributed by atoms with E-state index < -0.39 is 6.10 Å². The summed E-state index contributed by atoms with van der Waals surface area (Å²) in [6.07, 6.45) is 0.111. The summed E-state index contributed by atoms with van der Waals surface area (Å²) < 4.78 is 20.0. The molecular weight excluding hydrogens is 285 g/mol. The van der Waals surface area contributed by atoms with Crippen LogP contribution in [0.15, 0.2) is 12.1 Å². The van der Waals surface area contributed by atoms with Crippen LogP contribution in [0.25, 0.3) is 0 Å². The number of nitrogens with zero attached hydrogens (tertiary/aromatic N) is 1. The Bertz CT molecular complexity index is 565. The molecule has 22 heavy (non-hydrogen) atoms. The molecule has 1 aromatic rings. The lowest BCUT2D eigenvalue weighted by Gasteiger charge is -2.31. The lowest BCUT2D eigenvalue weighted by atomic mass is 9.99. The maximum absolute atomic E-state index is 14.5. The first kappa shape index (κ1) is 15.4. The van der Waals surface area contributed by atoms with Gasteiger partial charge in [-0.1, -0.05) is 13.0 Å². The molecular formula is C16H22FN3O2. The SMILES string of the molecule is CCN1CCOC(C(=O)Nc2ccc3c(c2F)CCNC3)C1. The average molecular weight is 307 g/mol. The highest BCUT2D eigenvalue weighted by atomic mass is 19.1. The Balaban J connectivity index is 1.71. The topological polar surface area (TPSA) is 53.6 Å². The number of hydrogen-bond donors (Lipinski definition) is 2. The number of carbonyl (C=O) groups excluding carboxylic acids is 1. The summed E-state index contributed by atoms with van der Waals surface area (Å²) in [4.78, 5) is 14.5. The number of benzene rings is 1. The number of anilines is 1. The quantitative estimate of drug-likeness (QED) is 0.879. The zero-order chi connectivity index (χ0) is 15.5. The van der Waals surface area contributed by atoms with Crippen molar-refractivity contribution < 1.29 is 13.9 Å². The fourth-order valence-corrected chi connectivity index (χ4v) is 2.99. The molecule has 1 aromatic carbocycles. The smallest absolute Gasteiger partial charge is 0.254 e. The minimum Gasteiger partial charge on any atom is -0.366 e. The molecule has 6 heteroatoms. The third-order valence-corrected chi connectivity index (χ3v) is 4.36. The zero-order valence-electron chi connectivity index (χ0n) is 12.8. The van der Waals surface area contributed by atoms with Gasteiger partial charge in [-0.15, -0.1) is 0 Å². The Morgan fingerprint density at radius 3 is 3.23 bits per heavy atom. The van der Waals surface area contributed by atoms with E-state index in [-0.39, 0.29) is 17.4 Å². The van der Waals surface area contributed by atoms with Crippen LogP contribution >= 0.6 is 0 Å². The van der Waals surface area contributed by atoms with Gasteiger partial charge in [-0.2, -0.15) is 0 Å². The maximum Gasteiger partial charge on any atom is 0.254 e. The Kier molecular flexibility index (Phi) is 4.71. The molecule has 2 aliphatic heterocycles. The van der Waals surface area contributed by atoms with Crippen LogP contribution in [0.3, 0.4) is 0 Å². The summed E-state index contributed by atoms with van der Waals surface area (Å²) in [6, 6.07) is 3.51. The molecule has 120 valence electrons. The van der Waals surface area contributed by atoms with Gasteiger partial charge in [0, 0.05) is 19.6 Å². The van der Waals surface area contributed by atoms with E-state index in [1.165, 1.54) is 0 Å². The summed E-state index contributed by atoms with van der Waals surface area (Å²) in [5.41, 5.74) is 1.92. The Morgan fingerprint density at radius 2 is 2.41 bits per heavy atom. The van der Waals surface area contributed by atoms with Gasteiger partial charge < -0.3 is 15.4 Å². The molecule has 1 amide bonds. The number of rotatable bonds is 3. The van der Waals surface area contributed by atoms with Crippen molar-refractivity contribution in [2.45, 2.75) is 26.0 Å². The predicted molar refractivity (Wildman–Crippen MR) is 82.3 cm³/mol. The first-order chi connectivity index (χ1) is 10.7. The van der Waals surface area contributed by atoms with E-state index in [0.717, 1.165) is 25.2 Å². The number of ether oxygens (including phenoxy) is 1. The van der Waals surface area contributed by atoms with Crippen molar-refractivity contribution in [2.24, 2.45) is 0 Å². The van der Waals surface area contributed by atoms with Gasteiger partial charge in [0.1, 0.15) is 11.9 Å². The molecule has 0 bridgehead atoms. The number of morpholine rings is 1. The normalized spacial score (nSPS) is 22.2.